The van der Waals surface area contributed by atoms with E-state index in [9.17, 15) is 14.0 Å². The maximum Gasteiger partial charge on any atom is 0.238 e. The molecular weight excluding hydrogens is 297 g/mol. The lowest BCUT2D eigenvalue weighted by Gasteiger charge is -2.25. The standard InChI is InChI=1S/C17H24FN3O2/c1-12(17(23)20-14-5-3-4-6-14)21(2)11-16(22)19-15-9-7-13(18)8-10-15/h7-10,12,14H,3-6,11H2,1-2H3,(H,19,22)(H,20,23)/t12-/m1/s1. The third kappa shape index (κ3) is 5.32. The van der Waals surface area contributed by atoms with Gasteiger partial charge in [0.15, 0.2) is 0 Å². The van der Waals surface area contributed by atoms with E-state index in [-0.39, 0.29) is 36.3 Å². The maximum atomic E-state index is 12.8. The van der Waals surface area contributed by atoms with E-state index in [1.807, 2.05) is 0 Å². The van der Waals surface area contributed by atoms with Crippen LogP contribution < -0.4 is 10.6 Å². The Kier molecular flexibility index (Phi) is 6.10. The summed E-state index contributed by atoms with van der Waals surface area (Å²) in [7, 11) is 1.74. The van der Waals surface area contributed by atoms with Gasteiger partial charge in [0.25, 0.3) is 0 Å². The molecule has 23 heavy (non-hydrogen) atoms. The van der Waals surface area contributed by atoms with Crippen LogP contribution in [0.5, 0.6) is 0 Å². The van der Waals surface area contributed by atoms with Crippen molar-refractivity contribution in [3.63, 3.8) is 0 Å². The quantitative estimate of drug-likeness (QED) is 0.844. The Morgan fingerprint density at radius 3 is 2.48 bits per heavy atom. The fraction of sp³-hybridized carbons (Fsp3) is 0.529. The molecule has 1 atom stereocenters. The summed E-state index contributed by atoms with van der Waals surface area (Å²) in [6.45, 7) is 1.88. The number of carbonyl (C=O) groups excluding carboxylic acids is 2. The lowest BCUT2D eigenvalue weighted by atomic mass is 10.2. The van der Waals surface area contributed by atoms with Crippen LogP contribution in [0.15, 0.2) is 24.3 Å². The molecule has 2 amide bonds. The fourth-order valence-corrected chi connectivity index (χ4v) is 2.69. The molecule has 1 aliphatic carbocycles. The minimum Gasteiger partial charge on any atom is -0.352 e. The van der Waals surface area contributed by atoms with E-state index < -0.39 is 0 Å². The van der Waals surface area contributed by atoms with Crippen molar-refractivity contribution >= 4 is 17.5 Å². The number of nitrogens with one attached hydrogen (secondary N) is 2. The van der Waals surface area contributed by atoms with Crippen molar-refractivity contribution in [2.75, 3.05) is 18.9 Å². The third-order valence-electron chi connectivity index (χ3n) is 4.26. The van der Waals surface area contributed by atoms with Gasteiger partial charge in [-0.1, -0.05) is 12.8 Å². The normalized spacial score (nSPS) is 16.3. The highest BCUT2D eigenvalue weighted by Crippen LogP contribution is 2.17. The number of hydrogen-bond acceptors (Lipinski definition) is 3. The number of anilines is 1. The highest BCUT2D eigenvalue weighted by molar-refractivity contribution is 5.92. The smallest absolute Gasteiger partial charge is 0.238 e. The van der Waals surface area contributed by atoms with E-state index in [0.717, 1.165) is 25.7 Å². The molecule has 1 saturated carbocycles. The van der Waals surface area contributed by atoms with Crippen LogP contribution in [0.3, 0.4) is 0 Å². The van der Waals surface area contributed by atoms with Gasteiger partial charge in [0.2, 0.25) is 11.8 Å². The number of nitrogens with zero attached hydrogens (tertiary/aromatic N) is 1. The van der Waals surface area contributed by atoms with Crippen molar-refractivity contribution in [1.29, 1.82) is 0 Å². The highest BCUT2D eigenvalue weighted by Gasteiger charge is 2.24. The zero-order chi connectivity index (χ0) is 16.8. The van der Waals surface area contributed by atoms with E-state index >= 15 is 0 Å². The third-order valence-corrected chi connectivity index (χ3v) is 4.26. The number of benzene rings is 1. The first kappa shape index (κ1) is 17.4. The van der Waals surface area contributed by atoms with Crippen molar-refractivity contribution in [3.05, 3.63) is 30.1 Å². The molecule has 2 rings (SSSR count). The van der Waals surface area contributed by atoms with Gasteiger partial charge in [-0.3, -0.25) is 14.5 Å². The van der Waals surface area contributed by atoms with Crippen molar-refractivity contribution in [2.45, 2.75) is 44.7 Å². The van der Waals surface area contributed by atoms with Crippen LogP contribution in [0.4, 0.5) is 10.1 Å². The molecular formula is C17H24FN3O2. The van der Waals surface area contributed by atoms with Crippen molar-refractivity contribution < 1.29 is 14.0 Å². The second kappa shape index (κ2) is 8.06. The maximum absolute atomic E-state index is 12.8. The summed E-state index contributed by atoms with van der Waals surface area (Å²) in [5.41, 5.74) is 0.535. The van der Waals surface area contributed by atoms with Crippen molar-refractivity contribution in [2.24, 2.45) is 0 Å². The zero-order valence-electron chi connectivity index (χ0n) is 13.6. The Bertz CT molecular complexity index is 541. The molecule has 1 fully saturated rings. The second-order valence-corrected chi connectivity index (χ2v) is 6.14. The van der Waals surface area contributed by atoms with Crippen molar-refractivity contribution in [3.8, 4) is 0 Å². The lowest BCUT2D eigenvalue weighted by molar-refractivity contribution is -0.127. The Balaban J connectivity index is 1.79. The summed E-state index contributed by atoms with van der Waals surface area (Å²) in [5.74, 6) is -0.633. The average molecular weight is 321 g/mol. The van der Waals surface area contributed by atoms with E-state index in [2.05, 4.69) is 10.6 Å². The number of carbonyl (C=O) groups is 2. The summed E-state index contributed by atoms with van der Waals surface area (Å²) >= 11 is 0. The average Bonchev–Trinajstić information content (AvgIpc) is 3.01. The molecule has 0 aromatic heterocycles. The predicted octanol–water partition coefficient (Wildman–Crippen LogP) is 2.14. The van der Waals surface area contributed by atoms with Crippen LogP contribution in [0, 0.1) is 5.82 Å². The first-order chi connectivity index (χ1) is 11.0. The highest BCUT2D eigenvalue weighted by atomic mass is 19.1. The van der Waals surface area contributed by atoms with Gasteiger partial charge in [0, 0.05) is 11.7 Å². The summed E-state index contributed by atoms with van der Waals surface area (Å²) in [6.07, 6.45) is 4.39. The molecule has 0 saturated heterocycles. The van der Waals surface area contributed by atoms with Gasteiger partial charge >= 0.3 is 0 Å². The molecule has 126 valence electrons. The van der Waals surface area contributed by atoms with Gasteiger partial charge in [0.05, 0.1) is 12.6 Å². The number of halogens is 1. The molecule has 0 unspecified atom stereocenters. The van der Waals surface area contributed by atoms with Gasteiger partial charge < -0.3 is 10.6 Å². The first-order valence-electron chi connectivity index (χ1n) is 8.01. The van der Waals surface area contributed by atoms with E-state index in [1.165, 1.54) is 24.3 Å². The van der Waals surface area contributed by atoms with Crippen LogP contribution in [-0.2, 0) is 9.59 Å². The SMILES string of the molecule is C[C@H](C(=O)NC1CCCC1)N(C)CC(=O)Nc1ccc(F)cc1. The summed E-state index contributed by atoms with van der Waals surface area (Å²) in [4.78, 5) is 25.9. The lowest BCUT2D eigenvalue weighted by Crippen LogP contribution is -2.48. The van der Waals surface area contributed by atoms with E-state index in [0.29, 0.717) is 5.69 Å². The Hall–Kier alpha value is -1.95. The zero-order valence-corrected chi connectivity index (χ0v) is 13.6. The van der Waals surface area contributed by atoms with Gasteiger partial charge in [-0.05, 0) is 51.1 Å². The van der Waals surface area contributed by atoms with Crippen LogP contribution >= 0.6 is 0 Å². The number of likely N-dealkylation sites (N-methyl/N-ethyl adjacent to an activating group) is 1. The van der Waals surface area contributed by atoms with E-state index in [4.69, 9.17) is 0 Å². The molecule has 5 nitrogen and oxygen atoms in total. The molecule has 0 heterocycles. The van der Waals surface area contributed by atoms with Gasteiger partial charge in [-0.25, -0.2) is 4.39 Å². The van der Waals surface area contributed by atoms with Gasteiger partial charge in [-0.2, -0.15) is 0 Å². The number of amides is 2. The number of hydrogen-bond donors (Lipinski definition) is 2. The Labute approximate surface area is 136 Å². The monoisotopic (exact) mass is 321 g/mol. The van der Waals surface area contributed by atoms with Crippen LogP contribution in [0.2, 0.25) is 0 Å². The first-order valence-corrected chi connectivity index (χ1v) is 8.01. The Morgan fingerprint density at radius 1 is 1.26 bits per heavy atom. The van der Waals surface area contributed by atoms with Crippen LogP contribution in [0.1, 0.15) is 32.6 Å². The van der Waals surface area contributed by atoms with Crippen LogP contribution in [-0.4, -0.2) is 42.4 Å². The predicted molar refractivity (Wildman–Crippen MR) is 87.5 cm³/mol. The summed E-state index contributed by atoms with van der Waals surface area (Å²) < 4.78 is 12.8. The number of rotatable bonds is 6. The molecule has 0 spiro atoms. The topological polar surface area (TPSA) is 61.4 Å². The Morgan fingerprint density at radius 2 is 1.87 bits per heavy atom. The molecule has 2 N–H and O–H groups in total. The summed E-state index contributed by atoms with van der Waals surface area (Å²) in [5, 5.41) is 5.72. The second-order valence-electron chi connectivity index (χ2n) is 6.14. The van der Waals surface area contributed by atoms with Crippen LogP contribution in [0.25, 0.3) is 0 Å². The molecule has 6 heteroatoms. The van der Waals surface area contributed by atoms with E-state index in [1.54, 1.807) is 18.9 Å². The molecule has 1 aliphatic rings. The minimum absolute atomic E-state index is 0.0472. The largest absolute Gasteiger partial charge is 0.352 e. The van der Waals surface area contributed by atoms with Gasteiger partial charge in [-0.15, -0.1) is 0 Å². The fourth-order valence-electron chi connectivity index (χ4n) is 2.69. The summed E-state index contributed by atoms with van der Waals surface area (Å²) in [6, 6.07) is 5.47. The minimum atomic E-state index is -0.380. The van der Waals surface area contributed by atoms with Crippen molar-refractivity contribution in [1.82, 2.24) is 10.2 Å². The molecule has 1 aromatic carbocycles. The molecule has 0 aliphatic heterocycles. The van der Waals surface area contributed by atoms with Gasteiger partial charge in [0.1, 0.15) is 5.82 Å². The molecule has 0 bridgehead atoms. The molecule has 1 aromatic rings. The molecule has 0 radical (unpaired) electrons.